The predicted molar refractivity (Wildman–Crippen MR) is 153 cm³/mol. The summed E-state index contributed by atoms with van der Waals surface area (Å²) in [5.74, 6) is -2.13. The first-order chi connectivity index (χ1) is 21.4. The molecule has 1 aliphatic rings. The number of hydrogen-bond acceptors (Lipinski definition) is 12. The van der Waals surface area contributed by atoms with Crippen LogP contribution in [0.25, 0.3) is 33.8 Å². The highest BCUT2D eigenvalue weighted by molar-refractivity contribution is 5.96. The molecule has 0 amide bonds. The molecule has 16 heteroatoms. The Kier molecular flexibility index (Phi) is 10.2. The van der Waals surface area contributed by atoms with Gasteiger partial charge < -0.3 is 24.2 Å². The van der Waals surface area contributed by atoms with Crippen LogP contribution in [0, 0.1) is 0 Å². The first-order valence-electron chi connectivity index (χ1n) is 14.3. The number of carbonyl (C=O) groups excluding carboxylic acids is 1. The molecule has 1 aliphatic heterocycles. The molecule has 0 bridgehead atoms. The fraction of sp³-hybridized carbons (Fsp3) is 0.464. The molecule has 4 aromatic rings. The number of nitrogens with zero attached hydrogens (tertiary/aromatic N) is 6. The molecule has 44 heavy (non-hydrogen) atoms. The normalized spacial score (nSPS) is 14.2. The van der Waals surface area contributed by atoms with E-state index in [1.807, 2.05) is 42.7 Å². The van der Waals surface area contributed by atoms with E-state index in [-0.39, 0.29) is 17.3 Å². The maximum Gasteiger partial charge on any atom is 0.493 e. The van der Waals surface area contributed by atoms with Crippen LogP contribution < -0.4 is 15.5 Å². The summed E-state index contributed by atoms with van der Waals surface area (Å²) >= 11 is 0. The number of ether oxygens (including phenoxy) is 2. The van der Waals surface area contributed by atoms with Crippen molar-refractivity contribution >= 4 is 22.8 Å². The van der Waals surface area contributed by atoms with Crippen molar-refractivity contribution in [3.05, 3.63) is 36.5 Å². The summed E-state index contributed by atoms with van der Waals surface area (Å²) in [4.78, 5) is 27.2. The number of carbonyl (C=O) groups is 1. The summed E-state index contributed by atoms with van der Waals surface area (Å²) < 4.78 is 56.1. The SMILES string of the molecule is CCn1c(-c2nonc2NOC(=O)C(F)(F)F)nc2c(-c3ccccc3)ncc(OCCCNCCCN3CCOCC3)c21. The number of halogens is 3. The van der Waals surface area contributed by atoms with E-state index in [0.29, 0.717) is 35.6 Å². The zero-order valence-electron chi connectivity index (χ0n) is 24.1. The Bertz CT molecular complexity index is 1520. The van der Waals surface area contributed by atoms with Crippen molar-refractivity contribution in [3.63, 3.8) is 0 Å². The van der Waals surface area contributed by atoms with Gasteiger partial charge in [0.2, 0.25) is 5.82 Å². The highest BCUT2D eigenvalue weighted by Gasteiger charge is 2.42. The van der Waals surface area contributed by atoms with E-state index in [9.17, 15) is 18.0 Å². The number of nitrogens with one attached hydrogen (secondary N) is 2. The standard InChI is InChI=1S/C28H33F3N8O5/c1-2-39-24-20(42-15-7-11-32-10-6-12-38-13-16-41-17-14-38)18-33-21(19-8-4-3-5-9-19)22(24)34-26(39)23-25(37-44-35-23)36-43-27(40)28(29,30)31/h3-5,8-9,18,32H,2,6-7,10-17H2,1H3,(H,36,37). The van der Waals surface area contributed by atoms with Crippen LogP contribution in [0.3, 0.4) is 0 Å². The molecule has 13 nitrogen and oxygen atoms in total. The van der Waals surface area contributed by atoms with Crippen LogP contribution in [0.15, 0.2) is 41.2 Å². The fourth-order valence-corrected chi connectivity index (χ4v) is 4.83. The maximum absolute atomic E-state index is 12.7. The number of alkyl halides is 3. The highest BCUT2D eigenvalue weighted by atomic mass is 19.4. The van der Waals surface area contributed by atoms with E-state index in [4.69, 9.17) is 19.1 Å². The third-order valence-electron chi connectivity index (χ3n) is 6.96. The number of pyridine rings is 1. The van der Waals surface area contributed by atoms with E-state index in [0.717, 1.165) is 64.3 Å². The van der Waals surface area contributed by atoms with Crippen molar-refractivity contribution in [2.75, 3.05) is 58.0 Å². The average Bonchev–Trinajstić information content (AvgIpc) is 3.66. The molecule has 236 valence electrons. The molecule has 0 saturated carbocycles. The molecule has 0 radical (unpaired) electrons. The number of aryl methyl sites for hydroxylation is 1. The second-order valence-electron chi connectivity index (χ2n) is 9.92. The van der Waals surface area contributed by atoms with Gasteiger partial charge in [0.1, 0.15) is 11.0 Å². The van der Waals surface area contributed by atoms with Gasteiger partial charge in [0.15, 0.2) is 17.3 Å². The van der Waals surface area contributed by atoms with Gasteiger partial charge in [-0.15, -0.1) is 0 Å². The van der Waals surface area contributed by atoms with E-state index in [2.05, 4.69) is 30.4 Å². The van der Waals surface area contributed by atoms with Crippen molar-refractivity contribution in [2.24, 2.45) is 0 Å². The molecule has 5 rings (SSSR count). The molecular formula is C28H33F3N8O5. The second-order valence-corrected chi connectivity index (χ2v) is 9.92. The zero-order valence-corrected chi connectivity index (χ0v) is 24.1. The summed E-state index contributed by atoms with van der Waals surface area (Å²) in [6.45, 7) is 8.91. The minimum atomic E-state index is -5.21. The predicted octanol–water partition coefficient (Wildman–Crippen LogP) is 3.68. The van der Waals surface area contributed by atoms with Gasteiger partial charge in [-0.05, 0) is 49.7 Å². The Hall–Kier alpha value is -4.28. The van der Waals surface area contributed by atoms with Crippen LogP contribution in [-0.4, -0.2) is 94.4 Å². The number of benzene rings is 1. The molecule has 0 spiro atoms. The van der Waals surface area contributed by atoms with Gasteiger partial charge in [-0.3, -0.25) is 4.90 Å². The minimum absolute atomic E-state index is 0.0655. The number of aromatic nitrogens is 5. The third kappa shape index (κ3) is 7.43. The first kappa shape index (κ1) is 31.2. The van der Waals surface area contributed by atoms with Gasteiger partial charge in [-0.25, -0.2) is 19.4 Å². The third-order valence-corrected chi connectivity index (χ3v) is 6.96. The monoisotopic (exact) mass is 618 g/mol. The van der Waals surface area contributed by atoms with Crippen LogP contribution in [0.2, 0.25) is 0 Å². The van der Waals surface area contributed by atoms with Crippen molar-refractivity contribution in [1.82, 2.24) is 35.1 Å². The molecule has 0 aliphatic carbocycles. The zero-order chi connectivity index (χ0) is 30.9. The molecule has 0 unspecified atom stereocenters. The Morgan fingerprint density at radius 2 is 1.84 bits per heavy atom. The number of rotatable bonds is 14. The molecule has 2 N–H and O–H groups in total. The van der Waals surface area contributed by atoms with E-state index >= 15 is 0 Å². The van der Waals surface area contributed by atoms with Gasteiger partial charge in [0, 0.05) is 25.2 Å². The summed E-state index contributed by atoms with van der Waals surface area (Å²) in [6, 6.07) is 9.40. The topological polar surface area (TPSA) is 142 Å². The molecule has 4 heterocycles. The molecule has 1 fully saturated rings. The minimum Gasteiger partial charge on any atom is -0.490 e. The Morgan fingerprint density at radius 3 is 2.59 bits per heavy atom. The molecule has 0 atom stereocenters. The Morgan fingerprint density at radius 1 is 1.07 bits per heavy atom. The van der Waals surface area contributed by atoms with Gasteiger partial charge in [0.25, 0.3) is 0 Å². The van der Waals surface area contributed by atoms with E-state index in [1.54, 1.807) is 10.8 Å². The quantitative estimate of drug-likeness (QED) is 0.157. The van der Waals surface area contributed by atoms with Crippen LogP contribution in [-0.2, 0) is 20.9 Å². The lowest BCUT2D eigenvalue weighted by molar-refractivity contribution is -0.196. The van der Waals surface area contributed by atoms with Crippen molar-refractivity contribution in [1.29, 1.82) is 0 Å². The van der Waals surface area contributed by atoms with Gasteiger partial charge in [-0.2, -0.15) is 18.7 Å². The number of fused-ring (bicyclic) bond motifs is 1. The van der Waals surface area contributed by atoms with E-state index in [1.165, 1.54) is 0 Å². The van der Waals surface area contributed by atoms with E-state index < -0.39 is 12.1 Å². The smallest absolute Gasteiger partial charge is 0.490 e. The van der Waals surface area contributed by atoms with Crippen LogP contribution in [0.4, 0.5) is 19.0 Å². The lowest BCUT2D eigenvalue weighted by Crippen LogP contribution is -2.37. The summed E-state index contributed by atoms with van der Waals surface area (Å²) in [5, 5.41) is 10.8. The molecule has 1 aromatic carbocycles. The van der Waals surface area contributed by atoms with Crippen LogP contribution >= 0.6 is 0 Å². The molecule has 3 aromatic heterocycles. The summed E-state index contributed by atoms with van der Waals surface area (Å²) in [5.41, 5.74) is 4.27. The second kappa shape index (κ2) is 14.5. The summed E-state index contributed by atoms with van der Waals surface area (Å²) in [6.07, 6.45) is -1.78. The largest absolute Gasteiger partial charge is 0.493 e. The first-order valence-corrected chi connectivity index (χ1v) is 14.3. The Labute approximate surface area is 250 Å². The number of hydrogen-bond donors (Lipinski definition) is 2. The Balaban J connectivity index is 1.33. The number of anilines is 1. The van der Waals surface area contributed by atoms with Crippen molar-refractivity contribution < 1.29 is 36.9 Å². The average molecular weight is 619 g/mol. The van der Waals surface area contributed by atoms with Gasteiger partial charge >= 0.3 is 12.1 Å². The van der Waals surface area contributed by atoms with Crippen molar-refractivity contribution in [3.8, 4) is 28.5 Å². The highest BCUT2D eigenvalue weighted by Crippen LogP contribution is 2.37. The fourth-order valence-electron chi connectivity index (χ4n) is 4.83. The maximum atomic E-state index is 12.7. The lowest BCUT2D eigenvalue weighted by Gasteiger charge is -2.26. The van der Waals surface area contributed by atoms with Crippen LogP contribution in [0.5, 0.6) is 5.75 Å². The van der Waals surface area contributed by atoms with Crippen LogP contribution in [0.1, 0.15) is 19.8 Å². The molecule has 1 saturated heterocycles. The summed E-state index contributed by atoms with van der Waals surface area (Å²) in [7, 11) is 0. The number of morpholine rings is 1. The van der Waals surface area contributed by atoms with Crippen molar-refractivity contribution in [2.45, 2.75) is 32.5 Å². The van der Waals surface area contributed by atoms with Gasteiger partial charge in [-0.1, -0.05) is 30.3 Å². The molecular weight excluding hydrogens is 585 g/mol. The lowest BCUT2D eigenvalue weighted by atomic mass is 10.1. The number of imidazole rings is 1. The van der Waals surface area contributed by atoms with Gasteiger partial charge in [0.05, 0.1) is 31.7 Å².